The van der Waals surface area contributed by atoms with E-state index in [9.17, 15) is 13.9 Å². The number of aryl methyl sites for hydroxylation is 1. The van der Waals surface area contributed by atoms with Crippen molar-refractivity contribution in [2.24, 2.45) is 0 Å². The minimum absolute atomic E-state index is 0.142. The summed E-state index contributed by atoms with van der Waals surface area (Å²) in [7, 11) is 0. The van der Waals surface area contributed by atoms with Gasteiger partial charge in [-0.3, -0.25) is 0 Å². The van der Waals surface area contributed by atoms with Crippen molar-refractivity contribution >= 4 is 23.4 Å². The Balaban J connectivity index is 2.02. The Hall–Kier alpha value is -2.39. The van der Waals surface area contributed by atoms with Gasteiger partial charge in [-0.1, -0.05) is 11.6 Å². The van der Waals surface area contributed by atoms with E-state index in [2.05, 4.69) is 14.7 Å². The number of aromatic hydroxyl groups is 1. The van der Waals surface area contributed by atoms with Crippen LogP contribution < -0.4 is 15.4 Å². The lowest BCUT2D eigenvalue weighted by Crippen LogP contribution is -2.32. The molecule has 1 saturated heterocycles. The molecule has 0 spiro atoms. The Morgan fingerprint density at radius 3 is 2.85 bits per heavy atom. The van der Waals surface area contributed by atoms with Crippen LogP contribution in [0.2, 0.25) is 5.02 Å². The van der Waals surface area contributed by atoms with Gasteiger partial charge in [0.2, 0.25) is 5.95 Å². The highest BCUT2D eigenvalue weighted by atomic mass is 35.5. The molecule has 2 heterocycles. The second kappa shape index (κ2) is 8.10. The minimum Gasteiger partial charge on any atom is -0.504 e. The van der Waals surface area contributed by atoms with E-state index in [0.29, 0.717) is 30.2 Å². The van der Waals surface area contributed by atoms with Crippen molar-refractivity contribution in [1.29, 1.82) is 0 Å². The standard InChI is InChI=1S/C17H19ClF2N4O3/c1-9-5-15(23-17(21)22-9)24-3-2-4-26-8-12(24)10-6-13(25)14(7-11(10)18)27-16(19)20/h5-7,12,16,25H,2-4,8H2,1H3,(H2,21,22,23)/t12-/m1/s1. The molecule has 1 aliphatic heterocycles. The molecule has 7 nitrogen and oxygen atoms in total. The fourth-order valence-corrected chi connectivity index (χ4v) is 3.32. The van der Waals surface area contributed by atoms with E-state index in [-0.39, 0.29) is 23.3 Å². The molecule has 1 aromatic carbocycles. The van der Waals surface area contributed by atoms with Gasteiger partial charge < -0.3 is 25.2 Å². The number of hydrogen-bond donors (Lipinski definition) is 2. The van der Waals surface area contributed by atoms with E-state index < -0.39 is 18.4 Å². The van der Waals surface area contributed by atoms with E-state index in [4.69, 9.17) is 22.1 Å². The summed E-state index contributed by atoms with van der Waals surface area (Å²) in [4.78, 5) is 10.3. The van der Waals surface area contributed by atoms with Crippen LogP contribution in [0.25, 0.3) is 0 Å². The summed E-state index contributed by atoms with van der Waals surface area (Å²) in [5.74, 6) is -0.0817. The van der Waals surface area contributed by atoms with Crippen LogP contribution in [0.3, 0.4) is 0 Å². The maximum absolute atomic E-state index is 12.5. The molecule has 0 bridgehead atoms. The Labute approximate surface area is 159 Å². The van der Waals surface area contributed by atoms with Gasteiger partial charge in [-0.15, -0.1) is 0 Å². The van der Waals surface area contributed by atoms with Gasteiger partial charge in [0.15, 0.2) is 11.5 Å². The van der Waals surface area contributed by atoms with Gasteiger partial charge in [-0.05, 0) is 25.0 Å². The monoisotopic (exact) mass is 400 g/mol. The fraction of sp³-hybridized carbons (Fsp3) is 0.412. The van der Waals surface area contributed by atoms with Gasteiger partial charge in [0, 0.05) is 36.0 Å². The van der Waals surface area contributed by atoms with Crippen LogP contribution in [-0.2, 0) is 4.74 Å². The summed E-state index contributed by atoms with van der Waals surface area (Å²) in [6, 6.07) is 3.86. The van der Waals surface area contributed by atoms with Crippen molar-refractivity contribution in [3.63, 3.8) is 0 Å². The molecule has 27 heavy (non-hydrogen) atoms. The smallest absolute Gasteiger partial charge is 0.387 e. The van der Waals surface area contributed by atoms with Crippen molar-refractivity contribution in [1.82, 2.24) is 9.97 Å². The van der Waals surface area contributed by atoms with Crippen molar-refractivity contribution < 1.29 is 23.4 Å². The predicted molar refractivity (Wildman–Crippen MR) is 96.5 cm³/mol. The number of nitrogens with two attached hydrogens (primary N) is 1. The maximum Gasteiger partial charge on any atom is 0.387 e. The van der Waals surface area contributed by atoms with Crippen molar-refractivity contribution in [2.45, 2.75) is 26.0 Å². The number of rotatable bonds is 4. The van der Waals surface area contributed by atoms with Gasteiger partial charge in [-0.2, -0.15) is 13.8 Å². The molecule has 3 N–H and O–H groups in total. The molecule has 146 valence electrons. The average molecular weight is 401 g/mol. The summed E-state index contributed by atoms with van der Waals surface area (Å²) in [5.41, 5.74) is 6.99. The topological polar surface area (TPSA) is 93.7 Å². The number of nitrogens with zero attached hydrogens (tertiary/aromatic N) is 3. The molecule has 1 aromatic heterocycles. The first-order valence-corrected chi connectivity index (χ1v) is 8.65. The van der Waals surface area contributed by atoms with Gasteiger partial charge in [0.25, 0.3) is 0 Å². The highest BCUT2D eigenvalue weighted by Gasteiger charge is 2.28. The minimum atomic E-state index is -3.07. The number of phenolic OH excluding ortho intramolecular Hbond substituents is 1. The lowest BCUT2D eigenvalue weighted by Gasteiger charge is -2.31. The quantitative estimate of drug-likeness (QED) is 0.813. The van der Waals surface area contributed by atoms with E-state index in [0.717, 1.165) is 6.42 Å². The number of aromatic nitrogens is 2. The van der Waals surface area contributed by atoms with Crippen molar-refractivity contribution in [3.8, 4) is 11.5 Å². The van der Waals surface area contributed by atoms with E-state index in [1.807, 2.05) is 4.90 Å². The summed E-state index contributed by atoms with van der Waals surface area (Å²) in [6.07, 6.45) is 0.746. The van der Waals surface area contributed by atoms with Crippen LogP contribution in [0.15, 0.2) is 18.2 Å². The third kappa shape index (κ3) is 4.48. The predicted octanol–water partition coefficient (Wildman–Crippen LogP) is 3.30. The second-order valence-corrected chi connectivity index (χ2v) is 6.49. The summed E-state index contributed by atoms with van der Waals surface area (Å²) >= 11 is 6.31. The third-order valence-corrected chi connectivity index (χ3v) is 4.47. The molecular weight excluding hydrogens is 382 g/mol. The normalized spacial score (nSPS) is 17.8. The Morgan fingerprint density at radius 1 is 1.37 bits per heavy atom. The first-order valence-electron chi connectivity index (χ1n) is 8.28. The third-order valence-electron chi connectivity index (χ3n) is 4.15. The highest BCUT2D eigenvalue weighted by Crippen LogP contribution is 2.39. The zero-order chi connectivity index (χ0) is 19.6. The molecule has 0 amide bonds. The molecule has 0 radical (unpaired) electrons. The summed E-state index contributed by atoms with van der Waals surface area (Å²) in [6.45, 7) is 0.162. The van der Waals surface area contributed by atoms with E-state index in [1.165, 1.54) is 12.1 Å². The van der Waals surface area contributed by atoms with Crippen LogP contribution in [-0.4, -0.2) is 41.4 Å². The molecule has 3 rings (SSSR count). The zero-order valence-corrected chi connectivity index (χ0v) is 15.3. The molecule has 0 saturated carbocycles. The number of alkyl halides is 2. The van der Waals surface area contributed by atoms with Crippen LogP contribution in [0.5, 0.6) is 11.5 Å². The number of halogens is 3. The van der Waals surface area contributed by atoms with Crippen LogP contribution >= 0.6 is 11.6 Å². The number of ether oxygens (including phenoxy) is 2. The van der Waals surface area contributed by atoms with Gasteiger partial charge >= 0.3 is 6.61 Å². The Bertz CT molecular complexity index is 805. The fourth-order valence-electron chi connectivity index (χ4n) is 3.04. The van der Waals surface area contributed by atoms with E-state index in [1.54, 1.807) is 13.0 Å². The molecule has 0 aliphatic carbocycles. The van der Waals surface area contributed by atoms with Crippen LogP contribution in [0.1, 0.15) is 23.7 Å². The number of nitrogen functional groups attached to an aromatic ring is 1. The maximum atomic E-state index is 12.5. The molecule has 2 aromatic rings. The Kier molecular flexibility index (Phi) is 5.81. The second-order valence-electron chi connectivity index (χ2n) is 6.08. The van der Waals surface area contributed by atoms with Crippen molar-refractivity contribution in [2.75, 3.05) is 30.4 Å². The lowest BCUT2D eigenvalue weighted by molar-refractivity contribution is -0.0512. The first kappa shape index (κ1) is 19.4. The SMILES string of the molecule is Cc1cc(N2CCCOC[C@@H]2c2cc(O)c(OC(F)F)cc2Cl)nc(N)n1. The number of benzene rings is 1. The van der Waals surface area contributed by atoms with Crippen molar-refractivity contribution in [3.05, 3.63) is 34.5 Å². The Morgan fingerprint density at radius 2 is 2.15 bits per heavy atom. The number of hydrogen-bond acceptors (Lipinski definition) is 7. The molecule has 0 unspecified atom stereocenters. The average Bonchev–Trinajstić information content (AvgIpc) is 2.82. The molecule has 1 atom stereocenters. The van der Waals surface area contributed by atoms with E-state index >= 15 is 0 Å². The number of phenols is 1. The number of anilines is 2. The van der Waals surface area contributed by atoms with Gasteiger partial charge in [0.05, 0.1) is 12.6 Å². The van der Waals surface area contributed by atoms with Gasteiger partial charge in [0.1, 0.15) is 5.82 Å². The van der Waals surface area contributed by atoms with Crippen LogP contribution in [0.4, 0.5) is 20.5 Å². The first-order chi connectivity index (χ1) is 12.8. The largest absolute Gasteiger partial charge is 0.504 e. The molecular formula is C17H19ClF2N4O3. The zero-order valence-electron chi connectivity index (χ0n) is 14.5. The molecule has 10 heteroatoms. The van der Waals surface area contributed by atoms with Gasteiger partial charge in [-0.25, -0.2) is 4.98 Å². The lowest BCUT2D eigenvalue weighted by atomic mass is 10.0. The highest BCUT2D eigenvalue weighted by molar-refractivity contribution is 6.31. The molecule has 1 aliphatic rings. The summed E-state index contributed by atoms with van der Waals surface area (Å²) in [5, 5.41) is 10.3. The van der Waals surface area contributed by atoms with Crippen LogP contribution in [0, 0.1) is 6.92 Å². The summed E-state index contributed by atoms with van der Waals surface area (Å²) < 4.78 is 34.9. The molecule has 1 fully saturated rings.